The number of aliphatic imine (C=N–C) groups is 1. The standard InChI is InChI=1S/C13H14N2S/c1-9-15-12-6-5-10(8-13(12)16-9)11-4-2-3-7-14-11/h5-6,8H,2-4,7H2,1H3. The van der Waals surface area contributed by atoms with E-state index in [1.54, 1.807) is 11.3 Å². The third-order valence-electron chi connectivity index (χ3n) is 2.95. The molecule has 3 heteroatoms. The van der Waals surface area contributed by atoms with E-state index in [1.165, 1.54) is 28.8 Å². The Morgan fingerprint density at radius 1 is 1.25 bits per heavy atom. The minimum absolute atomic E-state index is 0.995. The minimum atomic E-state index is 0.995. The molecule has 1 aliphatic rings. The molecule has 0 saturated heterocycles. The minimum Gasteiger partial charge on any atom is -0.289 e. The zero-order chi connectivity index (χ0) is 11.0. The van der Waals surface area contributed by atoms with Crippen LogP contribution in [0.4, 0.5) is 0 Å². The predicted octanol–water partition coefficient (Wildman–Crippen LogP) is 3.58. The average molecular weight is 230 g/mol. The van der Waals surface area contributed by atoms with Crippen LogP contribution in [-0.2, 0) is 0 Å². The Labute approximate surface area is 99.1 Å². The summed E-state index contributed by atoms with van der Waals surface area (Å²) >= 11 is 1.76. The van der Waals surface area contributed by atoms with Gasteiger partial charge in [0.15, 0.2) is 0 Å². The molecule has 1 aromatic heterocycles. The van der Waals surface area contributed by atoms with Crippen LogP contribution in [0.15, 0.2) is 23.2 Å². The van der Waals surface area contributed by atoms with Gasteiger partial charge < -0.3 is 0 Å². The van der Waals surface area contributed by atoms with E-state index in [-0.39, 0.29) is 0 Å². The lowest BCUT2D eigenvalue weighted by atomic mass is 10.0. The van der Waals surface area contributed by atoms with Gasteiger partial charge in [-0.05, 0) is 43.9 Å². The molecule has 2 nitrogen and oxygen atoms in total. The number of aromatic nitrogens is 1. The Balaban J connectivity index is 2.07. The number of nitrogens with zero attached hydrogens (tertiary/aromatic N) is 2. The van der Waals surface area contributed by atoms with Crippen LogP contribution >= 0.6 is 11.3 Å². The van der Waals surface area contributed by atoms with Gasteiger partial charge in [-0.25, -0.2) is 4.98 Å². The van der Waals surface area contributed by atoms with E-state index in [0.29, 0.717) is 0 Å². The number of aryl methyl sites for hydroxylation is 1. The lowest BCUT2D eigenvalue weighted by molar-refractivity contribution is 0.739. The lowest BCUT2D eigenvalue weighted by Gasteiger charge is -2.11. The molecule has 0 bridgehead atoms. The van der Waals surface area contributed by atoms with E-state index in [0.717, 1.165) is 23.5 Å². The molecule has 0 saturated carbocycles. The summed E-state index contributed by atoms with van der Waals surface area (Å²) in [4.78, 5) is 9.09. The SMILES string of the molecule is Cc1nc2ccc(C3=NCCCC3)cc2s1. The first-order valence-electron chi connectivity index (χ1n) is 5.74. The van der Waals surface area contributed by atoms with Crippen LogP contribution in [0.3, 0.4) is 0 Å². The van der Waals surface area contributed by atoms with Crippen molar-refractivity contribution in [2.45, 2.75) is 26.2 Å². The lowest BCUT2D eigenvalue weighted by Crippen LogP contribution is -2.07. The average Bonchev–Trinajstić information content (AvgIpc) is 2.69. The van der Waals surface area contributed by atoms with Crippen molar-refractivity contribution in [1.29, 1.82) is 0 Å². The third kappa shape index (κ3) is 1.76. The first-order valence-corrected chi connectivity index (χ1v) is 6.55. The zero-order valence-electron chi connectivity index (χ0n) is 9.36. The van der Waals surface area contributed by atoms with E-state index < -0.39 is 0 Å². The number of thiazole rings is 1. The quantitative estimate of drug-likeness (QED) is 0.735. The summed E-state index contributed by atoms with van der Waals surface area (Å²) in [6.07, 6.45) is 3.65. The molecule has 0 amide bonds. The van der Waals surface area contributed by atoms with Crippen molar-refractivity contribution in [1.82, 2.24) is 4.98 Å². The Morgan fingerprint density at radius 2 is 2.19 bits per heavy atom. The van der Waals surface area contributed by atoms with E-state index in [9.17, 15) is 0 Å². The Morgan fingerprint density at radius 3 is 3.00 bits per heavy atom. The van der Waals surface area contributed by atoms with Gasteiger partial charge in [-0.3, -0.25) is 4.99 Å². The first-order chi connectivity index (χ1) is 7.83. The second kappa shape index (κ2) is 3.98. The molecule has 2 heterocycles. The highest BCUT2D eigenvalue weighted by Gasteiger charge is 2.09. The van der Waals surface area contributed by atoms with Crippen LogP contribution in [0.25, 0.3) is 10.2 Å². The molecule has 0 unspecified atom stereocenters. The summed E-state index contributed by atoms with van der Waals surface area (Å²) in [5, 5.41) is 1.14. The first kappa shape index (κ1) is 9.97. The van der Waals surface area contributed by atoms with Gasteiger partial charge in [0.1, 0.15) is 0 Å². The number of fused-ring (bicyclic) bond motifs is 1. The smallest absolute Gasteiger partial charge is 0.0907 e. The van der Waals surface area contributed by atoms with Gasteiger partial charge in [0, 0.05) is 12.3 Å². The van der Waals surface area contributed by atoms with Gasteiger partial charge in [-0.15, -0.1) is 11.3 Å². The number of benzene rings is 1. The molecule has 82 valence electrons. The van der Waals surface area contributed by atoms with Gasteiger partial charge in [0.25, 0.3) is 0 Å². The van der Waals surface area contributed by atoms with E-state index in [2.05, 4.69) is 35.1 Å². The maximum Gasteiger partial charge on any atom is 0.0907 e. The third-order valence-corrected chi connectivity index (χ3v) is 3.89. The molecule has 1 aliphatic heterocycles. The van der Waals surface area contributed by atoms with Crippen LogP contribution in [0.5, 0.6) is 0 Å². The van der Waals surface area contributed by atoms with Gasteiger partial charge in [0.2, 0.25) is 0 Å². The van der Waals surface area contributed by atoms with E-state index >= 15 is 0 Å². The molecule has 0 spiro atoms. The van der Waals surface area contributed by atoms with Crippen molar-refractivity contribution in [2.24, 2.45) is 4.99 Å². The number of hydrogen-bond donors (Lipinski definition) is 0. The Bertz CT molecular complexity index is 554. The number of rotatable bonds is 1. The van der Waals surface area contributed by atoms with Gasteiger partial charge >= 0.3 is 0 Å². The summed E-state index contributed by atoms with van der Waals surface area (Å²) in [6, 6.07) is 6.51. The van der Waals surface area contributed by atoms with E-state index in [4.69, 9.17) is 0 Å². The summed E-state index contributed by atoms with van der Waals surface area (Å²) < 4.78 is 1.28. The highest BCUT2D eigenvalue weighted by atomic mass is 32.1. The summed E-state index contributed by atoms with van der Waals surface area (Å²) in [5.74, 6) is 0. The Hall–Kier alpha value is -1.22. The molecular formula is C13H14N2S. The molecule has 0 aliphatic carbocycles. The van der Waals surface area contributed by atoms with Crippen LogP contribution in [-0.4, -0.2) is 17.2 Å². The van der Waals surface area contributed by atoms with Crippen LogP contribution in [0.2, 0.25) is 0 Å². The van der Waals surface area contributed by atoms with Crippen molar-refractivity contribution in [3.05, 3.63) is 28.8 Å². The van der Waals surface area contributed by atoms with E-state index in [1.807, 2.05) is 0 Å². The van der Waals surface area contributed by atoms with Crippen LogP contribution in [0, 0.1) is 6.92 Å². The van der Waals surface area contributed by atoms with Crippen LogP contribution < -0.4 is 0 Å². The molecule has 0 atom stereocenters. The predicted molar refractivity (Wildman–Crippen MR) is 69.6 cm³/mol. The van der Waals surface area contributed by atoms with Crippen molar-refractivity contribution in [2.75, 3.05) is 6.54 Å². The molecule has 0 fully saturated rings. The summed E-state index contributed by atoms with van der Waals surface area (Å²) in [7, 11) is 0. The van der Waals surface area contributed by atoms with Gasteiger partial charge in [-0.2, -0.15) is 0 Å². The fourth-order valence-corrected chi connectivity index (χ4v) is 3.02. The zero-order valence-corrected chi connectivity index (χ0v) is 10.2. The number of hydrogen-bond acceptors (Lipinski definition) is 3. The van der Waals surface area contributed by atoms with Crippen molar-refractivity contribution < 1.29 is 0 Å². The maximum atomic E-state index is 4.61. The molecule has 1 aromatic carbocycles. The molecule has 3 rings (SSSR count). The topological polar surface area (TPSA) is 25.2 Å². The highest BCUT2D eigenvalue weighted by molar-refractivity contribution is 7.18. The second-order valence-corrected chi connectivity index (χ2v) is 5.44. The molecule has 16 heavy (non-hydrogen) atoms. The monoisotopic (exact) mass is 230 g/mol. The Kier molecular flexibility index (Phi) is 2.48. The maximum absolute atomic E-state index is 4.61. The van der Waals surface area contributed by atoms with Crippen molar-refractivity contribution in [3.8, 4) is 0 Å². The highest BCUT2D eigenvalue weighted by Crippen LogP contribution is 2.24. The van der Waals surface area contributed by atoms with Crippen molar-refractivity contribution in [3.63, 3.8) is 0 Å². The summed E-state index contributed by atoms with van der Waals surface area (Å²) in [5.41, 5.74) is 3.68. The van der Waals surface area contributed by atoms with Gasteiger partial charge in [-0.1, -0.05) is 6.07 Å². The molecule has 0 N–H and O–H groups in total. The largest absolute Gasteiger partial charge is 0.289 e. The molecular weight excluding hydrogens is 216 g/mol. The van der Waals surface area contributed by atoms with Crippen LogP contribution in [0.1, 0.15) is 29.8 Å². The molecule has 0 radical (unpaired) electrons. The molecule has 2 aromatic rings. The second-order valence-electron chi connectivity index (χ2n) is 4.20. The fraction of sp³-hybridized carbons (Fsp3) is 0.385. The van der Waals surface area contributed by atoms with Gasteiger partial charge in [0.05, 0.1) is 15.2 Å². The summed E-state index contributed by atoms with van der Waals surface area (Å²) in [6.45, 7) is 3.05. The normalized spacial score (nSPS) is 16.4. The van der Waals surface area contributed by atoms with Crippen molar-refractivity contribution >= 4 is 27.3 Å². The fourth-order valence-electron chi connectivity index (χ4n) is 2.15.